The molecule has 90 valence electrons. The summed E-state index contributed by atoms with van der Waals surface area (Å²) in [6.07, 6.45) is 5.99. The van der Waals surface area contributed by atoms with Crippen LogP contribution in [0.1, 0.15) is 52.4 Å². The van der Waals surface area contributed by atoms with Gasteiger partial charge in [-0.3, -0.25) is 4.79 Å². The highest BCUT2D eigenvalue weighted by Crippen LogP contribution is 2.09. The highest BCUT2D eigenvalue weighted by Gasteiger charge is 2.04. The van der Waals surface area contributed by atoms with E-state index in [1.165, 1.54) is 19.3 Å². The smallest absolute Gasteiger partial charge is 0.303 e. The minimum atomic E-state index is -0.683. The lowest BCUT2D eigenvalue weighted by molar-refractivity contribution is -0.137. The summed E-state index contributed by atoms with van der Waals surface area (Å²) in [5.41, 5.74) is 0. The van der Waals surface area contributed by atoms with Gasteiger partial charge < -0.3 is 10.4 Å². The van der Waals surface area contributed by atoms with Gasteiger partial charge in [-0.1, -0.05) is 26.7 Å². The van der Waals surface area contributed by atoms with Gasteiger partial charge in [0.05, 0.1) is 0 Å². The average Bonchev–Trinajstić information content (AvgIpc) is 2.20. The zero-order valence-electron chi connectivity index (χ0n) is 10.1. The second kappa shape index (κ2) is 9.97. The predicted octanol–water partition coefficient (Wildman–Crippen LogP) is 2.66. The van der Waals surface area contributed by atoms with Gasteiger partial charge in [-0.25, -0.2) is 0 Å². The first kappa shape index (κ1) is 14.4. The van der Waals surface area contributed by atoms with Gasteiger partial charge in [0.15, 0.2) is 0 Å². The van der Waals surface area contributed by atoms with Crippen LogP contribution in [0.2, 0.25) is 0 Å². The van der Waals surface area contributed by atoms with Gasteiger partial charge in [-0.15, -0.1) is 0 Å². The van der Waals surface area contributed by atoms with Gasteiger partial charge in [0, 0.05) is 6.42 Å². The maximum Gasteiger partial charge on any atom is 0.303 e. The van der Waals surface area contributed by atoms with Crippen LogP contribution in [0.3, 0.4) is 0 Å². The number of unbranched alkanes of at least 4 members (excludes halogenated alkanes) is 2. The van der Waals surface area contributed by atoms with Gasteiger partial charge >= 0.3 is 5.97 Å². The van der Waals surface area contributed by atoms with E-state index in [0.29, 0.717) is 12.3 Å². The van der Waals surface area contributed by atoms with Crippen LogP contribution in [0, 0.1) is 5.92 Å². The highest BCUT2D eigenvalue weighted by atomic mass is 16.4. The molecule has 0 saturated heterocycles. The van der Waals surface area contributed by atoms with E-state index in [1.807, 2.05) is 0 Å². The first-order chi connectivity index (χ1) is 7.16. The summed E-state index contributed by atoms with van der Waals surface area (Å²) in [5, 5.41) is 11.9. The molecule has 3 heteroatoms. The van der Waals surface area contributed by atoms with Crippen molar-refractivity contribution in [3.05, 3.63) is 0 Å². The summed E-state index contributed by atoms with van der Waals surface area (Å²) < 4.78 is 0. The Morgan fingerprint density at radius 2 is 2.00 bits per heavy atom. The molecule has 0 saturated carbocycles. The van der Waals surface area contributed by atoms with E-state index in [9.17, 15) is 4.79 Å². The molecule has 0 aliphatic heterocycles. The quantitative estimate of drug-likeness (QED) is 0.551. The van der Waals surface area contributed by atoms with Crippen molar-refractivity contribution in [2.24, 2.45) is 5.92 Å². The zero-order chi connectivity index (χ0) is 11.5. The zero-order valence-corrected chi connectivity index (χ0v) is 10.1. The Bertz CT molecular complexity index is 160. The summed E-state index contributed by atoms with van der Waals surface area (Å²) in [7, 11) is 0. The number of nitrogens with one attached hydrogen (secondary N) is 1. The molecule has 0 aromatic rings. The van der Waals surface area contributed by atoms with Crippen LogP contribution in [0.25, 0.3) is 0 Å². The van der Waals surface area contributed by atoms with Crippen LogP contribution in [-0.2, 0) is 4.79 Å². The fraction of sp³-hybridized carbons (Fsp3) is 0.917. The molecule has 0 bridgehead atoms. The molecule has 3 nitrogen and oxygen atoms in total. The normalized spacial score (nSPS) is 12.7. The second-order valence-electron chi connectivity index (χ2n) is 4.28. The van der Waals surface area contributed by atoms with Gasteiger partial charge in [-0.05, 0) is 38.3 Å². The van der Waals surface area contributed by atoms with Crippen LogP contribution < -0.4 is 5.32 Å². The lowest BCUT2D eigenvalue weighted by Crippen LogP contribution is -2.18. The Morgan fingerprint density at radius 1 is 1.27 bits per heavy atom. The molecule has 1 atom stereocenters. The molecule has 0 rings (SSSR count). The largest absolute Gasteiger partial charge is 0.481 e. The fourth-order valence-electron chi connectivity index (χ4n) is 1.49. The molecule has 0 amide bonds. The topological polar surface area (TPSA) is 49.3 Å². The highest BCUT2D eigenvalue weighted by molar-refractivity contribution is 5.66. The summed E-state index contributed by atoms with van der Waals surface area (Å²) in [6.45, 7) is 6.44. The van der Waals surface area contributed by atoms with Crippen molar-refractivity contribution in [3.8, 4) is 0 Å². The van der Waals surface area contributed by atoms with E-state index in [2.05, 4.69) is 19.2 Å². The van der Waals surface area contributed by atoms with Crippen molar-refractivity contribution >= 4 is 5.97 Å². The Morgan fingerprint density at radius 3 is 2.60 bits per heavy atom. The molecule has 0 spiro atoms. The number of hydrogen-bond acceptors (Lipinski definition) is 2. The van der Waals surface area contributed by atoms with Crippen LogP contribution in [0.15, 0.2) is 0 Å². The number of carboxylic acid groups (broad SMARTS) is 1. The molecule has 2 N–H and O–H groups in total. The summed E-state index contributed by atoms with van der Waals surface area (Å²) in [4.78, 5) is 10.3. The van der Waals surface area contributed by atoms with Crippen molar-refractivity contribution < 1.29 is 9.90 Å². The Hall–Kier alpha value is -0.570. The number of aliphatic carboxylic acids is 1. The lowest BCUT2D eigenvalue weighted by Gasteiger charge is -2.10. The maximum atomic E-state index is 10.3. The first-order valence-electron chi connectivity index (χ1n) is 6.09. The number of hydrogen-bond donors (Lipinski definition) is 2. The van der Waals surface area contributed by atoms with E-state index in [0.717, 1.165) is 25.9 Å². The molecule has 0 aliphatic carbocycles. The molecular formula is C12H25NO2. The average molecular weight is 215 g/mol. The summed E-state index contributed by atoms with van der Waals surface area (Å²) >= 11 is 0. The summed E-state index contributed by atoms with van der Waals surface area (Å²) in [6, 6.07) is 0. The van der Waals surface area contributed by atoms with Crippen LogP contribution in [0.4, 0.5) is 0 Å². The van der Waals surface area contributed by atoms with E-state index in [-0.39, 0.29) is 0 Å². The van der Waals surface area contributed by atoms with Crippen LogP contribution in [-0.4, -0.2) is 24.2 Å². The number of carboxylic acids is 1. The number of carbonyl (C=O) groups is 1. The Kier molecular flexibility index (Phi) is 9.59. The molecule has 0 heterocycles. The maximum absolute atomic E-state index is 10.3. The fourth-order valence-corrected chi connectivity index (χ4v) is 1.49. The van der Waals surface area contributed by atoms with Crippen molar-refractivity contribution in [3.63, 3.8) is 0 Å². The van der Waals surface area contributed by atoms with E-state index < -0.39 is 5.97 Å². The molecule has 1 unspecified atom stereocenters. The lowest BCUT2D eigenvalue weighted by atomic mass is 10.0. The summed E-state index contributed by atoms with van der Waals surface area (Å²) in [5.74, 6) is -0.169. The van der Waals surface area contributed by atoms with Crippen molar-refractivity contribution in [2.75, 3.05) is 13.1 Å². The molecule has 0 aliphatic rings. The Balaban J connectivity index is 3.16. The monoisotopic (exact) mass is 215 g/mol. The number of rotatable bonds is 10. The Labute approximate surface area is 93.3 Å². The van der Waals surface area contributed by atoms with Crippen LogP contribution >= 0.6 is 0 Å². The van der Waals surface area contributed by atoms with Gasteiger partial charge in [0.2, 0.25) is 0 Å². The SMILES string of the molecule is CCCCCNCCC(C)CCC(=O)O. The van der Waals surface area contributed by atoms with E-state index in [1.54, 1.807) is 0 Å². The molecule has 0 aromatic heterocycles. The standard InChI is InChI=1S/C12H25NO2/c1-3-4-5-9-13-10-8-11(2)6-7-12(14)15/h11,13H,3-10H2,1-2H3,(H,14,15). The van der Waals surface area contributed by atoms with Gasteiger partial charge in [0.25, 0.3) is 0 Å². The van der Waals surface area contributed by atoms with Crippen molar-refractivity contribution in [2.45, 2.75) is 52.4 Å². The minimum Gasteiger partial charge on any atom is -0.481 e. The molecule has 0 aromatic carbocycles. The van der Waals surface area contributed by atoms with Crippen LogP contribution in [0.5, 0.6) is 0 Å². The minimum absolute atomic E-state index is 0.303. The molecule has 0 radical (unpaired) electrons. The molecule has 15 heavy (non-hydrogen) atoms. The van der Waals surface area contributed by atoms with Crippen molar-refractivity contribution in [1.82, 2.24) is 5.32 Å². The van der Waals surface area contributed by atoms with E-state index >= 15 is 0 Å². The second-order valence-corrected chi connectivity index (χ2v) is 4.28. The predicted molar refractivity (Wildman–Crippen MR) is 63.0 cm³/mol. The van der Waals surface area contributed by atoms with E-state index in [4.69, 9.17) is 5.11 Å². The van der Waals surface area contributed by atoms with Crippen molar-refractivity contribution in [1.29, 1.82) is 0 Å². The van der Waals surface area contributed by atoms with Gasteiger partial charge in [0.1, 0.15) is 0 Å². The molecular weight excluding hydrogens is 190 g/mol. The first-order valence-corrected chi connectivity index (χ1v) is 6.09. The third-order valence-electron chi connectivity index (χ3n) is 2.62. The molecule has 0 fully saturated rings. The third kappa shape index (κ3) is 11.4. The van der Waals surface area contributed by atoms with Gasteiger partial charge in [-0.2, -0.15) is 0 Å². The third-order valence-corrected chi connectivity index (χ3v) is 2.62.